The Morgan fingerprint density at radius 1 is 1.00 bits per heavy atom. The maximum atomic E-state index is 14.1. The van der Waals surface area contributed by atoms with Crippen molar-refractivity contribution in [2.45, 2.75) is 42.8 Å². The van der Waals surface area contributed by atoms with Crippen molar-refractivity contribution in [2.75, 3.05) is 0 Å². The molecule has 0 saturated heterocycles. The Labute approximate surface area is 192 Å². The second kappa shape index (κ2) is 8.47. The number of halogens is 1. The molecule has 0 bridgehead atoms. The highest BCUT2D eigenvalue weighted by molar-refractivity contribution is 7.92. The quantitative estimate of drug-likeness (QED) is 0.395. The number of nitrogens with zero attached hydrogens (tertiary/aromatic N) is 4. The van der Waals surface area contributed by atoms with Crippen LogP contribution >= 0.6 is 0 Å². The lowest BCUT2D eigenvalue weighted by molar-refractivity contribution is 0.568. The van der Waals surface area contributed by atoms with Crippen LogP contribution in [0.15, 0.2) is 64.0 Å². The molecule has 0 radical (unpaired) electrons. The van der Waals surface area contributed by atoms with E-state index < -0.39 is 15.7 Å². The molecule has 2 heterocycles. The molecule has 2 aromatic carbocycles. The van der Waals surface area contributed by atoms with Crippen LogP contribution in [0.25, 0.3) is 34.3 Å². The molecule has 0 spiro atoms. The van der Waals surface area contributed by atoms with E-state index in [0.717, 1.165) is 25.7 Å². The Balaban J connectivity index is 0.00000274. The average molecular weight is 467 g/mol. The van der Waals surface area contributed by atoms with Crippen molar-refractivity contribution in [1.82, 2.24) is 20.2 Å². The van der Waals surface area contributed by atoms with Gasteiger partial charge >= 0.3 is 0 Å². The van der Waals surface area contributed by atoms with Gasteiger partial charge in [0.2, 0.25) is 0 Å². The first-order valence-electron chi connectivity index (χ1n) is 10.7. The summed E-state index contributed by atoms with van der Waals surface area (Å²) in [5.41, 5.74) is 2.40. The fourth-order valence-corrected chi connectivity index (χ4v) is 5.91. The first kappa shape index (κ1) is 21.4. The Bertz CT molecular complexity index is 1420. The van der Waals surface area contributed by atoms with E-state index in [1.54, 1.807) is 55.6 Å². The lowest BCUT2D eigenvalue weighted by atomic mass is 10.1. The van der Waals surface area contributed by atoms with Crippen LogP contribution in [0.3, 0.4) is 0 Å². The van der Waals surface area contributed by atoms with Gasteiger partial charge < -0.3 is 4.42 Å². The van der Waals surface area contributed by atoms with Crippen LogP contribution in [-0.4, -0.2) is 33.8 Å². The molecule has 4 aromatic rings. The number of sulfone groups is 1. The highest BCUT2D eigenvalue weighted by Gasteiger charge is 2.30. The van der Waals surface area contributed by atoms with E-state index in [2.05, 4.69) is 20.2 Å². The SMILES string of the molecule is Cc1ncc(-c2ccc(S(=O)(=O)C3CCCC3)cc2)nc1-c1nnc(-c2ccccc2F)o1.[HH]. The van der Waals surface area contributed by atoms with Crippen LogP contribution < -0.4 is 0 Å². The zero-order valence-corrected chi connectivity index (χ0v) is 18.7. The number of aromatic nitrogens is 4. The molecule has 1 aliphatic rings. The normalized spacial score (nSPS) is 14.6. The summed E-state index contributed by atoms with van der Waals surface area (Å²) in [6, 6.07) is 12.8. The third-order valence-electron chi connectivity index (χ3n) is 5.91. The molecule has 5 rings (SSSR count). The third kappa shape index (κ3) is 4.04. The molecule has 0 amide bonds. The molecule has 9 heteroatoms. The molecule has 0 unspecified atom stereocenters. The van der Waals surface area contributed by atoms with Crippen molar-refractivity contribution in [1.29, 1.82) is 0 Å². The van der Waals surface area contributed by atoms with E-state index in [9.17, 15) is 12.8 Å². The largest absolute Gasteiger partial charge is 0.414 e. The Morgan fingerprint density at radius 3 is 2.42 bits per heavy atom. The van der Waals surface area contributed by atoms with Gasteiger partial charge in [-0.3, -0.25) is 4.98 Å². The molecular formula is C24H23FN4O3S. The van der Waals surface area contributed by atoms with Gasteiger partial charge in [0.15, 0.2) is 9.84 Å². The monoisotopic (exact) mass is 466 g/mol. The van der Waals surface area contributed by atoms with E-state index in [1.165, 1.54) is 6.07 Å². The molecule has 1 fully saturated rings. The highest BCUT2D eigenvalue weighted by atomic mass is 32.2. The van der Waals surface area contributed by atoms with Gasteiger partial charge in [-0.2, -0.15) is 0 Å². The van der Waals surface area contributed by atoms with Gasteiger partial charge in [-0.05, 0) is 44.0 Å². The molecule has 170 valence electrons. The zero-order chi connectivity index (χ0) is 23.0. The van der Waals surface area contributed by atoms with Crippen LogP contribution in [0.4, 0.5) is 4.39 Å². The minimum atomic E-state index is -3.32. The first-order valence-corrected chi connectivity index (χ1v) is 12.2. The number of rotatable bonds is 5. The highest BCUT2D eigenvalue weighted by Crippen LogP contribution is 2.31. The lowest BCUT2D eigenvalue weighted by Crippen LogP contribution is -2.17. The molecule has 0 atom stereocenters. The minimum Gasteiger partial charge on any atom is -0.414 e. The van der Waals surface area contributed by atoms with Gasteiger partial charge in [-0.15, -0.1) is 10.2 Å². The van der Waals surface area contributed by atoms with Crippen molar-refractivity contribution in [2.24, 2.45) is 0 Å². The van der Waals surface area contributed by atoms with Gasteiger partial charge in [-0.1, -0.05) is 37.1 Å². The fraction of sp³-hybridized carbons (Fsp3) is 0.250. The van der Waals surface area contributed by atoms with Gasteiger partial charge in [0.25, 0.3) is 11.8 Å². The first-order chi connectivity index (χ1) is 15.9. The standard InChI is InChI=1S/C24H21FN4O3S.H2/c1-15-22(24-29-28-23(32-24)19-8-4-5-9-20(19)25)27-21(14-26-15)16-10-12-18(13-11-16)33(30,31)17-6-2-3-7-17;/h4-5,8-14,17H,2-3,6-7H2,1H3;1H. The van der Waals surface area contributed by atoms with E-state index in [1.807, 2.05) is 0 Å². The second-order valence-electron chi connectivity index (χ2n) is 8.06. The van der Waals surface area contributed by atoms with Crippen molar-refractivity contribution in [3.8, 4) is 34.3 Å². The number of benzene rings is 2. The average Bonchev–Trinajstić information content (AvgIpc) is 3.53. The Kier molecular flexibility index (Phi) is 5.49. The van der Waals surface area contributed by atoms with Crippen molar-refractivity contribution in [3.63, 3.8) is 0 Å². The summed E-state index contributed by atoms with van der Waals surface area (Å²) >= 11 is 0. The topological polar surface area (TPSA) is 98.8 Å². The maximum absolute atomic E-state index is 14.1. The van der Waals surface area contributed by atoms with Crippen molar-refractivity contribution in [3.05, 3.63) is 66.2 Å². The van der Waals surface area contributed by atoms with Crippen LogP contribution in [0.2, 0.25) is 0 Å². The molecule has 33 heavy (non-hydrogen) atoms. The Morgan fingerprint density at radius 2 is 1.70 bits per heavy atom. The van der Waals surface area contributed by atoms with E-state index in [0.29, 0.717) is 27.5 Å². The van der Waals surface area contributed by atoms with Crippen molar-refractivity contribution < 1.29 is 18.7 Å². The molecule has 7 nitrogen and oxygen atoms in total. The number of hydrogen-bond donors (Lipinski definition) is 0. The molecule has 2 aromatic heterocycles. The van der Waals surface area contributed by atoms with E-state index >= 15 is 0 Å². The predicted molar refractivity (Wildman–Crippen MR) is 122 cm³/mol. The summed E-state index contributed by atoms with van der Waals surface area (Å²) in [6.07, 6.45) is 4.95. The van der Waals surface area contributed by atoms with Crippen LogP contribution in [-0.2, 0) is 9.84 Å². The summed E-state index contributed by atoms with van der Waals surface area (Å²) in [5.74, 6) is -0.284. The van der Waals surface area contributed by atoms with Gasteiger partial charge in [0.05, 0.1) is 33.3 Å². The summed E-state index contributed by atoms with van der Waals surface area (Å²) in [4.78, 5) is 9.32. The number of aryl methyl sites for hydroxylation is 1. The summed E-state index contributed by atoms with van der Waals surface area (Å²) in [7, 11) is -3.32. The Hall–Kier alpha value is -3.46. The molecule has 1 saturated carbocycles. The van der Waals surface area contributed by atoms with Gasteiger partial charge in [0, 0.05) is 6.99 Å². The van der Waals surface area contributed by atoms with E-state index in [4.69, 9.17) is 4.42 Å². The van der Waals surface area contributed by atoms with Gasteiger partial charge in [0.1, 0.15) is 11.5 Å². The summed E-state index contributed by atoms with van der Waals surface area (Å²) in [5, 5.41) is 7.68. The molecule has 1 aliphatic carbocycles. The predicted octanol–water partition coefficient (Wildman–Crippen LogP) is 5.27. The van der Waals surface area contributed by atoms with Crippen LogP contribution in [0, 0.1) is 12.7 Å². The lowest BCUT2D eigenvalue weighted by Gasteiger charge is -2.11. The van der Waals surface area contributed by atoms with Crippen LogP contribution in [0.1, 0.15) is 32.8 Å². The van der Waals surface area contributed by atoms with Crippen LogP contribution in [0.5, 0.6) is 0 Å². The van der Waals surface area contributed by atoms with Crippen molar-refractivity contribution >= 4 is 9.84 Å². The summed E-state index contributed by atoms with van der Waals surface area (Å²) in [6.45, 7) is 1.76. The van der Waals surface area contributed by atoms with E-state index in [-0.39, 0.29) is 24.0 Å². The fourth-order valence-electron chi connectivity index (χ4n) is 4.06. The maximum Gasteiger partial charge on any atom is 0.268 e. The molecule has 0 aliphatic heterocycles. The summed E-state index contributed by atoms with van der Waals surface area (Å²) < 4.78 is 45.4. The smallest absolute Gasteiger partial charge is 0.268 e. The number of hydrogen-bond acceptors (Lipinski definition) is 7. The zero-order valence-electron chi connectivity index (χ0n) is 17.9. The third-order valence-corrected chi connectivity index (χ3v) is 8.19. The molecular weight excluding hydrogens is 443 g/mol. The minimum absolute atomic E-state index is 0. The molecule has 0 N–H and O–H groups in total. The van der Waals surface area contributed by atoms with Gasteiger partial charge in [-0.25, -0.2) is 17.8 Å². The second-order valence-corrected chi connectivity index (χ2v) is 10.3.